The number of aliphatic carboxylic acids is 1. The van der Waals surface area contributed by atoms with E-state index in [1.54, 1.807) is 25.4 Å². The van der Waals surface area contributed by atoms with Crippen molar-refractivity contribution in [2.24, 2.45) is 11.8 Å². The van der Waals surface area contributed by atoms with Crippen molar-refractivity contribution < 1.29 is 19.0 Å². The molecule has 0 bridgehead atoms. The number of ether oxygens (including phenoxy) is 1. The van der Waals surface area contributed by atoms with Crippen molar-refractivity contribution in [3.8, 4) is 17.6 Å². The first-order valence-electron chi connectivity index (χ1n) is 13.2. The average Bonchev–Trinajstić information content (AvgIpc) is 2.91. The van der Waals surface area contributed by atoms with Gasteiger partial charge in [0.25, 0.3) is 0 Å². The molecule has 0 spiro atoms. The molecule has 39 heavy (non-hydrogen) atoms. The van der Waals surface area contributed by atoms with Crippen LogP contribution in [0.25, 0.3) is 10.9 Å². The minimum absolute atomic E-state index is 0.105. The molecule has 2 unspecified atom stereocenters. The normalized spacial score (nSPS) is 18.4. The summed E-state index contributed by atoms with van der Waals surface area (Å²) in [4.78, 5) is 18.0. The highest BCUT2D eigenvalue weighted by Gasteiger charge is 2.30. The van der Waals surface area contributed by atoms with Crippen LogP contribution in [0.1, 0.15) is 55.0 Å². The summed E-state index contributed by atoms with van der Waals surface area (Å²) in [5.74, 6) is 6.68. The number of halogens is 3. The first-order chi connectivity index (χ1) is 18.7. The number of aromatic nitrogens is 1. The first kappa shape index (κ1) is 29.1. The molecule has 1 saturated heterocycles. The number of nitrogens with zero attached hydrogens (tertiary/aromatic N) is 2. The van der Waals surface area contributed by atoms with Gasteiger partial charge in [-0.1, -0.05) is 35.0 Å². The molecule has 0 radical (unpaired) electrons. The Labute approximate surface area is 239 Å². The molecule has 2 heterocycles. The van der Waals surface area contributed by atoms with E-state index in [0.29, 0.717) is 47.2 Å². The number of alkyl halides is 1. The molecule has 1 N–H and O–H groups in total. The number of hydrogen-bond donors (Lipinski definition) is 1. The number of likely N-dealkylation sites (tertiary alicyclic amines) is 1. The van der Waals surface area contributed by atoms with E-state index in [1.165, 1.54) is 0 Å². The number of carbonyl (C=O) groups is 1. The Balaban J connectivity index is 1.41. The summed E-state index contributed by atoms with van der Waals surface area (Å²) in [5, 5.41) is 11.2. The standard InChI is InChI=1S/C31H33Cl2FN2O3/c1-20-16-23(32)17-28(33)25(20)4-3-14-36-15-12-21(22(19-36)6-10-31(37)38)5-8-29(34)26-11-13-35-30-9-7-24(39-2)18-27(26)30/h7,9,11,13,16-18,21-22,29H,5-6,8,10,12,14-15,19H2,1-2H3,(H,37,38)/t21?,22?,29-/m0/s1. The second-order valence-electron chi connectivity index (χ2n) is 10.2. The third kappa shape index (κ3) is 7.63. The monoisotopic (exact) mass is 570 g/mol. The lowest BCUT2D eigenvalue weighted by molar-refractivity contribution is -0.137. The summed E-state index contributed by atoms with van der Waals surface area (Å²) in [6.07, 6.45) is 3.12. The SMILES string of the molecule is COc1ccc2nccc([C@@H](F)CCC3CCN(CC#Cc4c(C)cc(Cl)cc4Cl)CC3CCC(=O)O)c2c1. The molecular formula is C31H33Cl2FN2O3. The highest BCUT2D eigenvalue weighted by molar-refractivity contribution is 6.35. The van der Waals surface area contributed by atoms with Crippen LogP contribution in [0.5, 0.6) is 5.75 Å². The van der Waals surface area contributed by atoms with Gasteiger partial charge in [-0.3, -0.25) is 14.7 Å². The smallest absolute Gasteiger partial charge is 0.303 e. The van der Waals surface area contributed by atoms with Crippen LogP contribution in [-0.4, -0.2) is 47.7 Å². The quantitative estimate of drug-likeness (QED) is 0.270. The molecule has 8 heteroatoms. The van der Waals surface area contributed by atoms with Crippen LogP contribution < -0.4 is 4.74 Å². The van der Waals surface area contributed by atoms with Gasteiger partial charge in [-0.05, 0) is 98.5 Å². The van der Waals surface area contributed by atoms with Crippen molar-refractivity contribution in [1.82, 2.24) is 9.88 Å². The number of rotatable bonds is 9. The van der Waals surface area contributed by atoms with Gasteiger partial charge in [0.1, 0.15) is 11.9 Å². The van der Waals surface area contributed by atoms with Gasteiger partial charge in [0.15, 0.2) is 0 Å². The van der Waals surface area contributed by atoms with Gasteiger partial charge >= 0.3 is 5.97 Å². The molecule has 4 rings (SSSR count). The second-order valence-corrected chi connectivity index (χ2v) is 11.0. The minimum atomic E-state index is -1.14. The number of piperidine rings is 1. The molecule has 3 aromatic rings. The fourth-order valence-electron chi connectivity index (χ4n) is 5.48. The molecule has 1 aromatic heterocycles. The number of aryl methyl sites for hydroxylation is 1. The van der Waals surface area contributed by atoms with E-state index in [4.69, 9.17) is 27.9 Å². The molecule has 1 aliphatic rings. The van der Waals surface area contributed by atoms with Crippen LogP contribution >= 0.6 is 23.2 Å². The number of benzene rings is 2. The number of hydrogen-bond acceptors (Lipinski definition) is 4. The van der Waals surface area contributed by atoms with E-state index in [2.05, 4.69) is 21.7 Å². The topological polar surface area (TPSA) is 62.7 Å². The Kier molecular flexibility index (Phi) is 10.1. The van der Waals surface area contributed by atoms with E-state index < -0.39 is 12.1 Å². The van der Waals surface area contributed by atoms with E-state index in [1.807, 2.05) is 31.2 Å². The Morgan fingerprint density at radius 2 is 2.05 bits per heavy atom. The van der Waals surface area contributed by atoms with Crippen LogP contribution in [0.2, 0.25) is 10.0 Å². The highest BCUT2D eigenvalue weighted by Crippen LogP contribution is 2.36. The Hall–Kier alpha value is -2.85. The lowest BCUT2D eigenvalue weighted by Gasteiger charge is -2.38. The van der Waals surface area contributed by atoms with E-state index >= 15 is 4.39 Å². The Morgan fingerprint density at radius 3 is 2.79 bits per heavy atom. The summed E-state index contributed by atoms with van der Waals surface area (Å²) in [6.45, 7) is 4.07. The Bertz CT molecular complexity index is 1360. The molecule has 5 nitrogen and oxygen atoms in total. The molecule has 206 valence electrons. The Morgan fingerprint density at radius 1 is 1.23 bits per heavy atom. The second kappa shape index (κ2) is 13.5. The summed E-state index contributed by atoms with van der Waals surface area (Å²) < 4.78 is 20.9. The largest absolute Gasteiger partial charge is 0.497 e. The van der Waals surface area contributed by atoms with Gasteiger partial charge in [0, 0.05) is 35.1 Å². The first-order valence-corrected chi connectivity index (χ1v) is 14.0. The minimum Gasteiger partial charge on any atom is -0.497 e. The van der Waals surface area contributed by atoms with Gasteiger partial charge in [-0.15, -0.1) is 0 Å². The maximum Gasteiger partial charge on any atom is 0.303 e. The highest BCUT2D eigenvalue weighted by atomic mass is 35.5. The predicted octanol–water partition coefficient (Wildman–Crippen LogP) is 7.50. The van der Waals surface area contributed by atoms with Gasteiger partial charge < -0.3 is 9.84 Å². The van der Waals surface area contributed by atoms with Crippen molar-refractivity contribution in [3.63, 3.8) is 0 Å². The zero-order chi connectivity index (χ0) is 27.9. The third-order valence-corrected chi connectivity index (χ3v) is 8.10. The predicted molar refractivity (Wildman–Crippen MR) is 154 cm³/mol. The zero-order valence-corrected chi connectivity index (χ0v) is 23.7. The molecule has 0 aliphatic carbocycles. The van der Waals surface area contributed by atoms with E-state index in [0.717, 1.165) is 41.5 Å². The van der Waals surface area contributed by atoms with Gasteiger partial charge in [0.05, 0.1) is 24.2 Å². The summed E-state index contributed by atoms with van der Waals surface area (Å²) >= 11 is 12.4. The average molecular weight is 572 g/mol. The number of carboxylic acids is 1. The van der Waals surface area contributed by atoms with Gasteiger partial charge in [-0.25, -0.2) is 4.39 Å². The third-order valence-electron chi connectivity index (χ3n) is 7.58. The fourth-order valence-corrected chi connectivity index (χ4v) is 6.12. The number of methoxy groups -OCH3 is 1. The van der Waals surface area contributed by atoms with E-state index in [-0.39, 0.29) is 18.3 Å². The van der Waals surface area contributed by atoms with Gasteiger partial charge in [-0.2, -0.15) is 0 Å². The molecule has 2 aromatic carbocycles. The molecule has 0 saturated carbocycles. The van der Waals surface area contributed by atoms with Gasteiger partial charge in [0.2, 0.25) is 0 Å². The summed E-state index contributed by atoms with van der Waals surface area (Å²) in [7, 11) is 1.59. The van der Waals surface area contributed by atoms with Crippen molar-refractivity contribution in [3.05, 3.63) is 69.3 Å². The van der Waals surface area contributed by atoms with Crippen molar-refractivity contribution >= 4 is 40.1 Å². The fraction of sp³-hybridized carbons (Fsp3) is 0.419. The van der Waals surface area contributed by atoms with Crippen molar-refractivity contribution in [2.75, 3.05) is 26.7 Å². The summed E-state index contributed by atoms with van der Waals surface area (Å²) in [6, 6.07) is 10.8. The number of fused-ring (bicyclic) bond motifs is 1. The lowest BCUT2D eigenvalue weighted by atomic mass is 9.79. The zero-order valence-electron chi connectivity index (χ0n) is 22.2. The summed E-state index contributed by atoms with van der Waals surface area (Å²) in [5.41, 5.74) is 3.05. The van der Waals surface area contributed by atoms with Crippen LogP contribution in [0.3, 0.4) is 0 Å². The lowest BCUT2D eigenvalue weighted by Crippen LogP contribution is -2.41. The van der Waals surface area contributed by atoms with Crippen molar-refractivity contribution in [2.45, 2.75) is 45.2 Å². The molecule has 3 atom stereocenters. The number of carboxylic acid groups (broad SMARTS) is 1. The molecule has 0 amide bonds. The maximum absolute atomic E-state index is 15.6. The van der Waals surface area contributed by atoms with Crippen LogP contribution in [0.15, 0.2) is 42.6 Å². The molecule has 1 aliphatic heterocycles. The van der Waals surface area contributed by atoms with E-state index in [9.17, 15) is 9.90 Å². The maximum atomic E-state index is 15.6. The van der Waals surface area contributed by atoms with Crippen LogP contribution in [0, 0.1) is 30.6 Å². The van der Waals surface area contributed by atoms with Crippen molar-refractivity contribution in [1.29, 1.82) is 0 Å². The van der Waals surface area contributed by atoms with Crippen LogP contribution in [-0.2, 0) is 4.79 Å². The number of pyridine rings is 1. The molecule has 1 fully saturated rings. The van der Waals surface area contributed by atoms with Crippen LogP contribution in [0.4, 0.5) is 4.39 Å². The molecular weight excluding hydrogens is 538 g/mol.